The molecule has 0 spiro atoms. The largest absolute Gasteiger partial charge is 0.355 e. The van der Waals surface area contributed by atoms with Gasteiger partial charge in [-0.05, 0) is 42.0 Å². The number of hydrogen-bond acceptors (Lipinski definition) is 2. The molecule has 4 nitrogen and oxygen atoms in total. The summed E-state index contributed by atoms with van der Waals surface area (Å²) in [4.78, 5) is 23.6. The Morgan fingerprint density at radius 2 is 1.64 bits per heavy atom. The lowest BCUT2D eigenvalue weighted by Crippen LogP contribution is -2.24. The summed E-state index contributed by atoms with van der Waals surface area (Å²) in [7, 11) is 1.61. The monoisotopic (exact) mass is 338 g/mol. The summed E-state index contributed by atoms with van der Waals surface area (Å²) in [5.74, 6) is 0.301. The summed E-state index contributed by atoms with van der Waals surface area (Å²) < 4.78 is 0. The van der Waals surface area contributed by atoms with Gasteiger partial charge in [0.05, 0.1) is 0 Å². The van der Waals surface area contributed by atoms with Gasteiger partial charge >= 0.3 is 0 Å². The number of amides is 2. The molecule has 1 unspecified atom stereocenters. The highest BCUT2D eigenvalue weighted by Crippen LogP contribution is 2.13. The van der Waals surface area contributed by atoms with Gasteiger partial charge in [0.1, 0.15) is 0 Å². The SMILES string of the molecule is CNC(=O)c1ccc(CNC(=O)CC(C)CCc2ccccc2)cc1. The van der Waals surface area contributed by atoms with Crippen molar-refractivity contribution in [1.82, 2.24) is 10.6 Å². The van der Waals surface area contributed by atoms with Crippen molar-refractivity contribution in [2.24, 2.45) is 5.92 Å². The number of benzene rings is 2. The lowest BCUT2D eigenvalue weighted by molar-refractivity contribution is -0.122. The third-order valence-electron chi connectivity index (χ3n) is 4.24. The molecule has 0 aromatic heterocycles. The van der Waals surface area contributed by atoms with Crippen LogP contribution in [0.25, 0.3) is 0 Å². The van der Waals surface area contributed by atoms with E-state index in [-0.39, 0.29) is 11.8 Å². The summed E-state index contributed by atoms with van der Waals surface area (Å²) in [6, 6.07) is 17.6. The van der Waals surface area contributed by atoms with Crippen LogP contribution in [0.15, 0.2) is 54.6 Å². The van der Waals surface area contributed by atoms with Gasteiger partial charge in [-0.25, -0.2) is 0 Å². The fourth-order valence-electron chi connectivity index (χ4n) is 2.67. The molecule has 25 heavy (non-hydrogen) atoms. The van der Waals surface area contributed by atoms with Crippen LogP contribution in [-0.2, 0) is 17.8 Å². The number of carbonyl (C=O) groups is 2. The first-order valence-corrected chi connectivity index (χ1v) is 8.70. The molecule has 4 heteroatoms. The molecule has 132 valence electrons. The van der Waals surface area contributed by atoms with Crippen LogP contribution in [0.3, 0.4) is 0 Å². The number of carbonyl (C=O) groups excluding carboxylic acids is 2. The Morgan fingerprint density at radius 1 is 0.960 bits per heavy atom. The molecule has 2 aromatic carbocycles. The minimum Gasteiger partial charge on any atom is -0.355 e. The molecule has 0 bridgehead atoms. The second kappa shape index (κ2) is 9.62. The van der Waals surface area contributed by atoms with Gasteiger partial charge in [0.25, 0.3) is 5.91 Å². The van der Waals surface area contributed by atoms with E-state index in [4.69, 9.17) is 0 Å². The van der Waals surface area contributed by atoms with Gasteiger partial charge in [0.15, 0.2) is 0 Å². The van der Waals surface area contributed by atoms with Gasteiger partial charge < -0.3 is 10.6 Å². The zero-order valence-electron chi connectivity index (χ0n) is 14.9. The van der Waals surface area contributed by atoms with Crippen LogP contribution < -0.4 is 10.6 Å². The van der Waals surface area contributed by atoms with Gasteiger partial charge in [-0.2, -0.15) is 0 Å². The fourth-order valence-corrected chi connectivity index (χ4v) is 2.67. The van der Waals surface area contributed by atoms with Crippen LogP contribution in [0.2, 0.25) is 0 Å². The molecule has 2 N–H and O–H groups in total. The Morgan fingerprint density at radius 3 is 2.28 bits per heavy atom. The Bertz CT molecular complexity index is 681. The van der Waals surface area contributed by atoms with Crippen LogP contribution in [0, 0.1) is 5.92 Å². The summed E-state index contributed by atoms with van der Waals surface area (Å²) in [6.45, 7) is 2.60. The minimum atomic E-state index is -0.108. The molecule has 0 aliphatic rings. The van der Waals surface area contributed by atoms with Crippen LogP contribution in [0.5, 0.6) is 0 Å². The van der Waals surface area contributed by atoms with Crippen molar-refractivity contribution in [3.05, 3.63) is 71.3 Å². The molecule has 0 saturated heterocycles. The maximum atomic E-state index is 12.1. The van der Waals surface area contributed by atoms with Crippen LogP contribution in [-0.4, -0.2) is 18.9 Å². The Labute approximate surface area is 149 Å². The van der Waals surface area contributed by atoms with E-state index in [1.54, 1.807) is 19.2 Å². The van der Waals surface area contributed by atoms with Crippen molar-refractivity contribution in [3.63, 3.8) is 0 Å². The summed E-state index contributed by atoms with van der Waals surface area (Å²) >= 11 is 0. The third-order valence-corrected chi connectivity index (χ3v) is 4.24. The van der Waals surface area contributed by atoms with Crippen molar-refractivity contribution < 1.29 is 9.59 Å². The van der Waals surface area contributed by atoms with E-state index in [0.717, 1.165) is 18.4 Å². The maximum absolute atomic E-state index is 12.1. The molecular formula is C21H26N2O2. The molecule has 0 fully saturated rings. The van der Waals surface area contributed by atoms with Crippen molar-refractivity contribution in [2.75, 3.05) is 7.05 Å². The van der Waals surface area contributed by atoms with E-state index in [2.05, 4.69) is 29.7 Å². The molecule has 2 rings (SSSR count). The van der Waals surface area contributed by atoms with Gasteiger partial charge in [0.2, 0.25) is 5.91 Å². The first-order valence-electron chi connectivity index (χ1n) is 8.70. The van der Waals surface area contributed by atoms with E-state index in [0.29, 0.717) is 24.4 Å². The molecule has 2 aromatic rings. The zero-order chi connectivity index (χ0) is 18.1. The fraction of sp³-hybridized carbons (Fsp3) is 0.333. The summed E-state index contributed by atoms with van der Waals surface area (Å²) in [5.41, 5.74) is 2.91. The predicted molar refractivity (Wildman–Crippen MR) is 100 cm³/mol. The number of aryl methyl sites for hydroxylation is 1. The van der Waals surface area contributed by atoms with Gasteiger partial charge in [-0.1, -0.05) is 49.4 Å². The highest BCUT2D eigenvalue weighted by molar-refractivity contribution is 5.93. The topological polar surface area (TPSA) is 58.2 Å². The molecule has 0 saturated carbocycles. The smallest absolute Gasteiger partial charge is 0.251 e. The molecule has 0 heterocycles. The third kappa shape index (κ3) is 6.42. The van der Waals surface area contributed by atoms with Crippen LogP contribution >= 0.6 is 0 Å². The summed E-state index contributed by atoms with van der Waals surface area (Å²) in [5, 5.41) is 5.54. The molecule has 0 radical (unpaired) electrons. The second-order valence-electron chi connectivity index (χ2n) is 6.39. The Balaban J connectivity index is 1.71. The Hall–Kier alpha value is -2.62. The van der Waals surface area contributed by atoms with Crippen LogP contribution in [0.1, 0.15) is 41.3 Å². The van der Waals surface area contributed by atoms with Crippen molar-refractivity contribution >= 4 is 11.8 Å². The normalized spacial score (nSPS) is 11.6. The van der Waals surface area contributed by atoms with Crippen LogP contribution in [0.4, 0.5) is 0 Å². The van der Waals surface area contributed by atoms with E-state index < -0.39 is 0 Å². The molecule has 1 atom stereocenters. The number of nitrogens with one attached hydrogen (secondary N) is 2. The van der Waals surface area contributed by atoms with E-state index in [1.807, 2.05) is 30.3 Å². The summed E-state index contributed by atoms with van der Waals surface area (Å²) in [6.07, 6.45) is 2.53. The number of rotatable bonds is 8. The molecule has 0 aliphatic heterocycles. The zero-order valence-corrected chi connectivity index (χ0v) is 14.9. The average molecular weight is 338 g/mol. The minimum absolute atomic E-state index is 0.0657. The molecular weight excluding hydrogens is 312 g/mol. The molecule has 0 aliphatic carbocycles. The van der Waals surface area contributed by atoms with Gasteiger partial charge in [0, 0.05) is 25.6 Å². The lowest BCUT2D eigenvalue weighted by atomic mass is 9.98. The Kier molecular flexibility index (Phi) is 7.20. The van der Waals surface area contributed by atoms with Crippen molar-refractivity contribution in [3.8, 4) is 0 Å². The van der Waals surface area contributed by atoms with E-state index >= 15 is 0 Å². The standard InChI is InChI=1S/C21H26N2O2/c1-16(8-9-17-6-4-3-5-7-17)14-20(24)23-15-18-10-12-19(13-11-18)21(25)22-2/h3-7,10-13,16H,8-9,14-15H2,1-2H3,(H,22,25)(H,23,24). The number of hydrogen-bond donors (Lipinski definition) is 2. The maximum Gasteiger partial charge on any atom is 0.251 e. The average Bonchev–Trinajstić information content (AvgIpc) is 2.65. The van der Waals surface area contributed by atoms with Crippen molar-refractivity contribution in [1.29, 1.82) is 0 Å². The quantitative estimate of drug-likeness (QED) is 0.776. The van der Waals surface area contributed by atoms with Gasteiger partial charge in [-0.3, -0.25) is 9.59 Å². The predicted octanol–water partition coefficient (Wildman–Crippen LogP) is 3.32. The van der Waals surface area contributed by atoms with E-state index in [9.17, 15) is 9.59 Å². The highest BCUT2D eigenvalue weighted by Gasteiger charge is 2.09. The molecule has 2 amide bonds. The van der Waals surface area contributed by atoms with E-state index in [1.165, 1.54) is 5.56 Å². The lowest BCUT2D eigenvalue weighted by Gasteiger charge is -2.12. The first kappa shape index (κ1) is 18.7. The van der Waals surface area contributed by atoms with Gasteiger partial charge in [-0.15, -0.1) is 0 Å². The highest BCUT2D eigenvalue weighted by atomic mass is 16.2. The first-order chi connectivity index (χ1) is 12.1. The van der Waals surface area contributed by atoms with Crippen molar-refractivity contribution in [2.45, 2.75) is 32.7 Å². The second-order valence-corrected chi connectivity index (χ2v) is 6.39.